The van der Waals surface area contributed by atoms with Crippen LogP contribution in [0.4, 0.5) is 5.69 Å². The van der Waals surface area contributed by atoms with Crippen molar-refractivity contribution in [2.45, 2.75) is 63.2 Å². The zero-order valence-corrected chi connectivity index (χ0v) is 16.0. The quantitative estimate of drug-likeness (QED) is 0.627. The van der Waals surface area contributed by atoms with Crippen LogP contribution in [0.3, 0.4) is 0 Å². The van der Waals surface area contributed by atoms with Gasteiger partial charge >= 0.3 is 0 Å². The minimum atomic E-state index is 0.0539. The Balaban J connectivity index is 1.63. The van der Waals surface area contributed by atoms with Crippen LogP contribution >= 0.6 is 0 Å². The van der Waals surface area contributed by atoms with Crippen LogP contribution in [0.1, 0.15) is 69.1 Å². The van der Waals surface area contributed by atoms with Crippen molar-refractivity contribution in [2.24, 2.45) is 17.8 Å². The molecule has 1 heteroatoms. The van der Waals surface area contributed by atoms with Crippen molar-refractivity contribution < 1.29 is 0 Å². The molecule has 0 aromatic heterocycles. The molecule has 0 saturated heterocycles. The largest absolute Gasteiger partial charge is 0.399 e. The van der Waals surface area contributed by atoms with E-state index in [1.165, 1.54) is 55.2 Å². The Hall–Kier alpha value is -1.76. The normalized spacial score (nSPS) is 35.4. The molecule has 4 saturated carbocycles. The first-order chi connectivity index (χ1) is 12.5. The van der Waals surface area contributed by atoms with Crippen LogP contribution in [0, 0.1) is 17.8 Å². The minimum absolute atomic E-state index is 0.0539. The molecule has 2 aromatic carbocycles. The Kier molecular flexibility index (Phi) is 2.79. The topological polar surface area (TPSA) is 26.0 Å². The van der Waals surface area contributed by atoms with E-state index < -0.39 is 0 Å². The molecule has 0 spiro atoms. The van der Waals surface area contributed by atoms with Crippen LogP contribution < -0.4 is 5.73 Å². The molecule has 0 atom stereocenters. The van der Waals surface area contributed by atoms with Crippen LogP contribution in [0.15, 0.2) is 36.4 Å². The average Bonchev–Trinajstić information content (AvgIpc) is 2.81. The lowest BCUT2D eigenvalue weighted by Crippen LogP contribution is -2.48. The zero-order chi connectivity index (χ0) is 17.7. The number of hydrogen-bond acceptors (Lipinski definition) is 1. The molecule has 5 aliphatic carbocycles. The first kappa shape index (κ1) is 15.3. The van der Waals surface area contributed by atoms with E-state index in [0.29, 0.717) is 5.41 Å². The molecule has 1 nitrogen and oxygen atoms in total. The van der Waals surface area contributed by atoms with Crippen LogP contribution in [0.5, 0.6) is 0 Å². The van der Waals surface area contributed by atoms with E-state index >= 15 is 0 Å². The Morgan fingerprint density at radius 2 is 1.38 bits per heavy atom. The highest BCUT2D eigenvalue weighted by Crippen LogP contribution is 2.63. The molecule has 4 fully saturated rings. The number of hydrogen-bond donors (Lipinski definition) is 1. The molecule has 0 heterocycles. The molecule has 26 heavy (non-hydrogen) atoms. The second kappa shape index (κ2) is 4.74. The summed E-state index contributed by atoms with van der Waals surface area (Å²) in [5, 5.41) is 0. The maximum absolute atomic E-state index is 6.51. The number of fused-ring (bicyclic) bond motifs is 3. The highest BCUT2D eigenvalue weighted by Gasteiger charge is 2.53. The van der Waals surface area contributed by atoms with Gasteiger partial charge in [0.2, 0.25) is 0 Å². The lowest BCUT2D eigenvalue weighted by atomic mass is 9.47. The van der Waals surface area contributed by atoms with Gasteiger partial charge in [0.1, 0.15) is 0 Å². The van der Waals surface area contributed by atoms with Crippen molar-refractivity contribution in [3.8, 4) is 11.1 Å². The fourth-order valence-corrected chi connectivity index (χ4v) is 7.70. The predicted octanol–water partition coefficient (Wildman–Crippen LogP) is 6.04. The van der Waals surface area contributed by atoms with E-state index in [1.807, 2.05) is 0 Å². The van der Waals surface area contributed by atoms with Gasteiger partial charge in [0.05, 0.1) is 0 Å². The van der Waals surface area contributed by atoms with E-state index in [1.54, 1.807) is 11.1 Å². The maximum atomic E-state index is 6.51. The lowest BCUT2D eigenvalue weighted by Gasteiger charge is -2.57. The molecule has 2 N–H and O–H groups in total. The van der Waals surface area contributed by atoms with Gasteiger partial charge in [-0.2, -0.15) is 0 Å². The molecule has 0 amide bonds. The Labute approximate surface area is 157 Å². The summed E-state index contributed by atoms with van der Waals surface area (Å²) < 4.78 is 0. The zero-order valence-electron chi connectivity index (χ0n) is 16.0. The third-order valence-corrected chi connectivity index (χ3v) is 8.31. The molecule has 0 aliphatic heterocycles. The van der Waals surface area contributed by atoms with Crippen molar-refractivity contribution in [3.63, 3.8) is 0 Å². The van der Waals surface area contributed by atoms with E-state index in [0.717, 1.165) is 23.4 Å². The SMILES string of the molecule is CC1(C)c2ccccc2-c2c(C34CC5CC(CC(C5)C3)C4)cc(N)cc21. The predicted molar refractivity (Wildman–Crippen MR) is 108 cm³/mol. The van der Waals surface area contributed by atoms with Gasteiger partial charge in [-0.1, -0.05) is 38.1 Å². The number of rotatable bonds is 1. The summed E-state index contributed by atoms with van der Waals surface area (Å²) in [5.74, 6) is 2.88. The monoisotopic (exact) mass is 343 g/mol. The van der Waals surface area contributed by atoms with Crippen molar-refractivity contribution in [3.05, 3.63) is 53.1 Å². The maximum Gasteiger partial charge on any atom is 0.0320 e. The third-order valence-electron chi connectivity index (χ3n) is 8.31. The standard InChI is InChI=1S/C25H29N/c1-24(2)20-6-4-3-5-19(20)23-21(24)10-18(26)11-22(23)25-12-15-7-16(13-25)9-17(8-15)14-25/h3-6,10-11,15-17H,7-9,12-14,26H2,1-2H3. The van der Waals surface area contributed by atoms with Crippen LogP contribution in [-0.4, -0.2) is 0 Å². The highest BCUT2D eigenvalue weighted by molar-refractivity contribution is 5.85. The second-order valence-corrected chi connectivity index (χ2v) is 10.4. The van der Waals surface area contributed by atoms with E-state index in [2.05, 4.69) is 50.2 Å². The number of nitrogen functional groups attached to an aromatic ring is 1. The van der Waals surface area contributed by atoms with Gasteiger partial charge in [-0.3, -0.25) is 0 Å². The number of benzene rings is 2. The molecule has 0 unspecified atom stereocenters. The van der Waals surface area contributed by atoms with Crippen LogP contribution in [0.2, 0.25) is 0 Å². The van der Waals surface area contributed by atoms with Gasteiger partial charge in [-0.25, -0.2) is 0 Å². The van der Waals surface area contributed by atoms with Gasteiger partial charge in [0.25, 0.3) is 0 Å². The summed E-state index contributed by atoms with van der Waals surface area (Å²) in [5.41, 5.74) is 15.5. The summed E-state index contributed by atoms with van der Waals surface area (Å²) in [6.07, 6.45) is 8.68. The first-order valence-electron chi connectivity index (χ1n) is 10.5. The molecule has 4 bridgehead atoms. The average molecular weight is 344 g/mol. The molecular weight excluding hydrogens is 314 g/mol. The van der Waals surface area contributed by atoms with Gasteiger partial charge < -0.3 is 5.73 Å². The molecule has 0 radical (unpaired) electrons. The molecule has 134 valence electrons. The van der Waals surface area contributed by atoms with Gasteiger partial charge in [0, 0.05) is 11.1 Å². The third kappa shape index (κ3) is 1.82. The van der Waals surface area contributed by atoms with Gasteiger partial charge in [0.15, 0.2) is 0 Å². The van der Waals surface area contributed by atoms with Crippen molar-refractivity contribution >= 4 is 5.69 Å². The minimum Gasteiger partial charge on any atom is -0.399 e. The van der Waals surface area contributed by atoms with Crippen molar-refractivity contribution in [1.82, 2.24) is 0 Å². The Morgan fingerprint density at radius 3 is 2.04 bits per heavy atom. The summed E-state index contributed by atoms with van der Waals surface area (Å²) >= 11 is 0. The first-order valence-corrected chi connectivity index (χ1v) is 10.5. The highest BCUT2D eigenvalue weighted by atomic mass is 14.6. The molecular formula is C25H29N. The van der Waals surface area contributed by atoms with E-state index in [9.17, 15) is 0 Å². The van der Waals surface area contributed by atoms with Gasteiger partial charge in [-0.05, 0) is 102 Å². The number of anilines is 1. The van der Waals surface area contributed by atoms with Crippen LogP contribution in [0.25, 0.3) is 11.1 Å². The lowest BCUT2D eigenvalue weighted by molar-refractivity contribution is -0.00491. The van der Waals surface area contributed by atoms with Crippen LogP contribution in [-0.2, 0) is 10.8 Å². The second-order valence-electron chi connectivity index (χ2n) is 10.4. The summed E-state index contributed by atoms with van der Waals surface area (Å²) in [7, 11) is 0. The molecule has 7 rings (SSSR count). The molecule has 2 aromatic rings. The van der Waals surface area contributed by atoms with Gasteiger partial charge in [-0.15, -0.1) is 0 Å². The summed E-state index contributed by atoms with van der Waals surface area (Å²) in [6.45, 7) is 4.75. The fourth-order valence-electron chi connectivity index (χ4n) is 7.70. The fraction of sp³-hybridized carbons (Fsp3) is 0.520. The molecule has 5 aliphatic rings. The Bertz CT molecular complexity index is 884. The van der Waals surface area contributed by atoms with E-state index in [-0.39, 0.29) is 5.41 Å². The number of nitrogens with two attached hydrogens (primary N) is 1. The summed E-state index contributed by atoms with van der Waals surface area (Å²) in [4.78, 5) is 0. The van der Waals surface area contributed by atoms with E-state index in [4.69, 9.17) is 5.73 Å². The Morgan fingerprint density at radius 1 is 0.808 bits per heavy atom. The smallest absolute Gasteiger partial charge is 0.0320 e. The van der Waals surface area contributed by atoms with Crippen molar-refractivity contribution in [2.75, 3.05) is 5.73 Å². The van der Waals surface area contributed by atoms with Crippen molar-refractivity contribution in [1.29, 1.82) is 0 Å². The summed E-state index contributed by atoms with van der Waals surface area (Å²) in [6, 6.07) is 13.7.